The fourth-order valence-electron chi connectivity index (χ4n) is 1.87. The van der Waals surface area contributed by atoms with Crippen LogP contribution in [0.5, 0.6) is 17.2 Å². The Hall–Kier alpha value is 0.0600. The van der Waals surface area contributed by atoms with Gasteiger partial charge in [0.25, 0.3) is 6.47 Å². The van der Waals surface area contributed by atoms with Crippen LogP contribution in [0.2, 0.25) is 0 Å². The van der Waals surface area contributed by atoms with Crippen LogP contribution in [0.25, 0.3) is 0 Å². The molecule has 0 bridgehead atoms. The number of carboxylic acids is 1. The highest BCUT2D eigenvalue weighted by atomic mass is 127. The van der Waals surface area contributed by atoms with Gasteiger partial charge in [0.15, 0.2) is 11.5 Å². The number of aliphatic carboxylic acids is 1. The number of hydrogen-bond acceptors (Lipinski definition) is 5. The van der Waals surface area contributed by atoms with E-state index in [1.807, 2.05) is 0 Å². The van der Waals surface area contributed by atoms with Gasteiger partial charge >= 0.3 is 5.97 Å². The molecule has 0 aliphatic carbocycles. The quantitative estimate of drug-likeness (QED) is 0.331. The van der Waals surface area contributed by atoms with E-state index in [-0.39, 0.29) is 0 Å². The number of benzene rings is 2. The standard InChI is InChI=1S/C15H9I4NO5/c16-8-1-6(12(20)15(22)23)2-9(17)14(8)25-7-3-10(18)13(24-5-21)11(19)4-7/h1-5,12H,20H2,(H,22,23). The number of nitrogens with two attached hydrogens (primary N) is 1. The van der Waals surface area contributed by atoms with Crippen molar-refractivity contribution in [3.63, 3.8) is 0 Å². The van der Waals surface area contributed by atoms with Crippen LogP contribution in [0.3, 0.4) is 0 Å². The second-order valence-corrected chi connectivity index (χ2v) is 9.31. The molecule has 10 heteroatoms. The van der Waals surface area contributed by atoms with Crippen molar-refractivity contribution in [3.05, 3.63) is 44.1 Å². The van der Waals surface area contributed by atoms with Crippen molar-refractivity contribution in [1.29, 1.82) is 0 Å². The van der Waals surface area contributed by atoms with Crippen molar-refractivity contribution in [3.8, 4) is 17.2 Å². The molecule has 1 atom stereocenters. The van der Waals surface area contributed by atoms with Crippen molar-refractivity contribution in [1.82, 2.24) is 0 Å². The molecule has 0 spiro atoms. The zero-order valence-corrected chi connectivity index (χ0v) is 20.8. The molecule has 2 rings (SSSR count). The van der Waals surface area contributed by atoms with Gasteiger partial charge in [-0.15, -0.1) is 0 Å². The summed E-state index contributed by atoms with van der Waals surface area (Å²) in [5, 5.41) is 9.05. The van der Waals surface area contributed by atoms with Gasteiger partial charge in [0.1, 0.15) is 11.8 Å². The zero-order valence-electron chi connectivity index (χ0n) is 12.1. The van der Waals surface area contributed by atoms with Gasteiger partial charge in [0, 0.05) is 0 Å². The molecule has 25 heavy (non-hydrogen) atoms. The molecule has 3 N–H and O–H groups in total. The van der Waals surface area contributed by atoms with Gasteiger partial charge in [-0.1, -0.05) is 0 Å². The van der Waals surface area contributed by atoms with Crippen molar-refractivity contribution in [2.45, 2.75) is 6.04 Å². The Kier molecular flexibility index (Phi) is 7.96. The van der Waals surface area contributed by atoms with E-state index in [9.17, 15) is 9.59 Å². The normalized spacial score (nSPS) is 11.7. The van der Waals surface area contributed by atoms with Crippen LogP contribution in [0.1, 0.15) is 11.6 Å². The summed E-state index contributed by atoms with van der Waals surface area (Å²) in [5.41, 5.74) is 6.18. The van der Waals surface area contributed by atoms with E-state index in [4.69, 9.17) is 20.3 Å². The Bertz CT molecular complexity index is 797. The molecule has 2 aromatic carbocycles. The predicted molar refractivity (Wildman–Crippen MR) is 125 cm³/mol. The Morgan fingerprint density at radius 1 is 1.00 bits per heavy atom. The summed E-state index contributed by atoms with van der Waals surface area (Å²) < 4.78 is 13.9. The van der Waals surface area contributed by atoms with E-state index in [1.54, 1.807) is 24.3 Å². The molecule has 132 valence electrons. The highest BCUT2D eigenvalue weighted by Gasteiger charge is 2.19. The van der Waals surface area contributed by atoms with E-state index >= 15 is 0 Å². The number of ether oxygens (including phenoxy) is 2. The zero-order chi connectivity index (χ0) is 18.7. The van der Waals surface area contributed by atoms with Crippen LogP contribution in [-0.4, -0.2) is 17.5 Å². The number of carboxylic acid groups (broad SMARTS) is 1. The molecule has 0 saturated heterocycles. The number of carbonyl (C=O) groups excluding carboxylic acids is 1. The molecular weight excluding hydrogens is 782 g/mol. The number of carbonyl (C=O) groups is 2. The Morgan fingerprint density at radius 3 is 1.92 bits per heavy atom. The van der Waals surface area contributed by atoms with Gasteiger partial charge in [-0.3, -0.25) is 9.59 Å². The number of hydrogen-bond donors (Lipinski definition) is 2. The fourth-order valence-corrected chi connectivity index (χ4v) is 5.87. The molecule has 0 aliphatic heterocycles. The van der Waals surface area contributed by atoms with Crippen molar-refractivity contribution >= 4 is 103 Å². The fraction of sp³-hybridized carbons (Fsp3) is 0.0667. The summed E-state index contributed by atoms with van der Waals surface area (Å²) in [5.74, 6) is 0.585. The van der Waals surface area contributed by atoms with Crippen molar-refractivity contribution in [2.75, 3.05) is 0 Å². The predicted octanol–water partition coefficient (Wildman–Crippen LogP) is 4.52. The summed E-state index contributed by atoms with van der Waals surface area (Å²) in [6, 6.07) is 5.81. The lowest BCUT2D eigenvalue weighted by molar-refractivity contribution is -0.138. The Labute approximate surface area is 197 Å². The molecule has 0 aliphatic rings. The topological polar surface area (TPSA) is 98.9 Å². The van der Waals surface area contributed by atoms with E-state index < -0.39 is 12.0 Å². The van der Waals surface area contributed by atoms with Crippen LogP contribution in [-0.2, 0) is 9.59 Å². The maximum Gasteiger partial charge on any atom is 0.325 e. The maximum atomic E-state index is 11.1. The average molecular weight is 791 g/mol. The molecule has 1 unspecified atom stereocenters. The molecule has 0 heterocycles. The Balaban J connectivity index is 2.38. The van der Waals surface area contributed by atoms with Gasteiger partial charge in [-0.25, -0.2) is 0 Å². The molecular formula is C15H9I4NO5. The van der Waals surface area contributed by atoms with Crippen molar-refractivity contribution < 1.29 is 24.2 Å². The molecule has 2 aromatic rings. The van der Waals surface area contributed by atoms with E-state index in [2.05, 4.69) is 90.4 Å². The first-order chi connectivity index (χ1) is 11.7. The number of halogens is 4. The van der Waals surface area contributed by atoms with Crippen LogP contribution in [0.15, 0.2) is 24.3 Å². The average Bonchev–Trinajstić information content (AvgIpc) is 2.53. The lowest BCUT2D eigenvalue weighted by atomic mass is 10.1. The first-order valence-corrected chi connectivity index (χ1v) is 10.8. The van der Waals surface area contributed by atoms with Gasteiger partial charge in [0.05, 0.1) is 14.3 Å². The minimum absolute atomic E-state index is 0.385. The second kappa shape index (κ2) is 9.32. The van der Waals surface area contributed by atoms with Gasteiger partial charge in [-0.2, -0.15) is 0 Å². The van der Waals surface area contributed by atoms with Gasteiger partial charge in [0.2, 0.25) is 0 Å². The summed E-state index contributed by atoms with van der Waals surface area (Å²) >= 11 is 8.28. The van der Waals surface area contributed by atoms with Crippen LogP contribution < -0.4 is 15.2 Å². The third-order valence-corrected chi connectivity index (χ3v) is 6.21. The van der Waals surface area contributed by atoms with Crippen molar-refractivity contribution in [2.24, 2.45) is 5.73 Å². The lowest BCUT2D eigenvalue weighted by Gasteiger charge is -2.15. The maximum absolute atomic E-state index is 11.1. The number of rotatable bonds is 6. The molecule has 0 aromatic heterocycles. The summed E-state index contributed by atoms with van der Waals surface area (Å²) in [4.78, 5) is 21.6. The first kappa shape index (κ1) is 21.4. The van der Waals surface area contributed by atoms with E-state index in [0.29, 0.717) is 29.3 Å². The minimum atomic E-state index is -1.09. The molecule has 0 radical (unpaired) electrons. The highest BCUT2D eigenvalue weighted by molar-refractivity contribution is 14.1. The smallest absolute Gasteiger partial charge is 0.325 e. The monoisotopic (exact) mass is 791 g/mol. The summed E-state index contributed by atoms with van der Waals surface area (Å²) in [6.07, 6.45) is 0. The first-order valence-electron chi connectivity index (χ1n) is 6.49. The van der Waals surface area contributed by atoms with Crippen LogP contribution >= 0.6 is 90.4 Å². The molecule has 0 amide bonds. The third kappa shape index (κ3) is 5.29. The SMILES string of the molecule is NC(C(=O)O)c1cc(I)c(Oc2cc(I)c(OC=O)c(I)c2)c(I)c1. The summed E-state index contributed by atoms with van der Waals surface area (Å²) in [7, 11) is 0. The molecule has 0 fully saturated rings. The van der Waals surface area contributed by atoms with E-state index in [1.165, 1.54) is 0 Å². The van der Waals surface area contributed by atoms with Crippen LogP contribution in [0, 0.1) is 14.3 Å². The lowest BCUT2D eigenvalue weighted by Crippen LogP contribution is -2.20. The highest BCUT2D eigenvalue weighted by Crippen LogP contribution is 2.37. The second-order valence-electron chi connectivity index (χ2n) is 4.66. The minimum Gasteiger partial charge on any atom is -0.480 e. The van der Waals surface area contributed by atoms with Gasteiger partial charge < -0.3 is 20.3 Å². The van der Waals surface area contributed by atoms with E-state index in [0.717, 1.165) is 14.3 Å². The van der Waals surface area contributed by atoms with Crippen LogP contribution in [0.4, 0.5) is 0 Å². The third-order valence-electron chi connectivity index (χ3n) is 3.00. The molecule has 0 saturated carbocycles. The Morgan fingerprint density at radius 2 is 1.48 bits per heavy atom. The summed E-state index contributed by atoms with van der Waals surface area (Å²) in [6.45, 7) is 0.385. The largest absolute Gasteiger partial charge is 0.480 e. The molecule has 6 nitrogen and oxygen atoms in total. The van der Waals surface area contributed by atoms with Gasteiger partial charge in [-0.05, 0) is 120 Å².